The van der Waals surface area contributed by atoms with Crippen LogP contribution in [0.4, 0.5) is 0 Å². The van der Waals surface area contributed by atoms with Crippen molar-refractivity contribution in [3.05, 3.63) is 97.2 Å². The molecule has 85 heavy (non-hydrogen) atoms. The number of hydrogen-bond acceptors (Lipinski definition) is 8. The molecule has 0 saturated carbocycles. The number of aliphatic hydroxyl groups is 5. The third-order valence-corrected chi connectivity index (χ3v) is 16.6. The fraction of sp³-hybridized carbons (Fsp3) is 0.776. The van der Waals surface area contributed by atoms with E-state index in [2.05, 4.69) is 104 Å². The molecule has 1 fully saturated rings. The van der Waals surface area contributed by atoms with Crippen LogP contribution in [0.2, 0.25) is 0 Å². The molecule has 0 aromatic carbocycles. The molecule has 1 aliphatic rings. The first-order valence-electron chi connectivity index (χ1n) is 36.0. The van der Waals surface area contributed by atoms with Gasteiger partial charge in [-0.05, 0) is 89.9 Å². The van der Waals surface area contributed by atoms with E-state index in [1.54, 1.807) is 6.08 Å². The summed E-state index contributed by atoms with van der Waals surface area (Å²) in [4.78, 5) is 13.1. The molecule has 1 heterocycles. The summed E-state index contributed by atoms with van der Waals surface area (Å²) in [6.45, 7) is 3.67. The van der Waals surface area contributed by atoms with Gasteiger partial charge in [0.05, 0.1) is 25.4 Å². The van der Waals surface area contributed by atoms with Gasteiger partial charge in [0.15, 0.2) is 6.29 Å². The maximum absolute atomic E-state index is 13.1. The molecular weight excluding hydrogens is 1050 g/mol. The van der Waals surface area contributed by atoms with Crippen molar-refractivity contribution < 1.29 is 39.8 Å². The van der Waals surface area contributed by atoms with E-state index in [-0.39, 0.29) is 12.5 Å². The van der Waals surface area contributed by atoms with Gasteiger partial charge in [-0.1, -0.05) is 323 Å². The largest absolute Gasteiger partial charge is 0.394 e. The summed E-state index contributed by atoms with van der Waals surface area (Å²) < 4.78 is 11.3. The lowest BCUT2D eigenvalue weighted by Gasteiger charge is -2.40. The predicted octanol–water partition coefficient (Wildman–Crippen LogP) is 19.9. The number of rotatable bonds is 62. The fourth-order valence-electron chi connectivity index (χ4n) is 11.0. The number of carbonyl (C=O) groups is 1. The molecule has 9 nitrogen and oxygen atoms in total. The van der Waals surface area contributed by atoms with Crippen molar-refractivity contribution in [3.63, 3.8) is 0 Å². The normalized spacial score (nSPS) is 18.7. The van der Waals surface area contributed by atoms with Crippen molar-refractivity contribution in [2.75, 3.05) is 13.2 Å². The third kappa shape index (κ3) is 52.7. The van der Waals surface area contributed by atoms with Gasteiger partial charge in [-0.2, -0.15) is 0 Å². The molecule has 0 aromatic rings. The molecule has 492 valence electrons. The van der Waals surface area contributed by atoms with Crippen LogP contribution in [0.25, 0.3) is 0 Å². The zero-order valence-electron chi connectivity index (χ0n) is 55.1. The van der Waals surface area contributed by atoms with E-state index in [0.717, 1.165) is 77.0 Å². The highest BCUT2D eigenvalue weighted by Crippen LogP contribution is 2.23. The average molecular weight is 1190 g/mol. The summed E-state index contributed by atoms with van der Waals surface area (Å²) in [5.41, 5.74) is 0. The molecule has 0 spiro atoms. The van der Waals surface area contributed by atoms with Crippen molar-refractivity contribution in [2.45, 2.75) is 365 Å². The van der Waals surface area contributed by atoms with Gasteiger partial charge in [-0.3, -0.25) is 4.79 Å². The number of allylic oxidation sites excluding steroid dienone is 15. The van der Waals surface area contributed by atoms with E-state index >= 15 is 0 Å². The van der Waals surface area contributed by atoms with Crippen LogP contribution in [0.1, 0.15) is 322 Å². The number of aliphatic hydroxyl groups excluding tert-OH is 5. The maximum Gasteiger partial charge on any atom is 0.220 e. The number of nitrogens with one attached hydrogen (secondary N) is 1. The highest BCUT2D eigenvalue weighted by molar-refractivity contribution is 5.76. The fourth-order valence-corrected chi connectivity index (χ4v) is 11.0. The van der Waals surface area contributed by atoms with Crippen LogP contribution < -0.4 is 5.32 Å². The Bertz CT molecular complexity index is 1670. The van der Waals surface area contributed by atoms with Crippen molar-refractivity contribution in [3.8, 4) is 0 Å². The van der Waals surface area contributed by atoms with Gasteiger partial charge in [0.25, 0.3) is 0 Å². The van der Waals surface area contributed by atoms with Gasteiger partial charge in [-0.25, -0.2) is 0 Å². The van der Waals surface area contributed by atoms with Crippen molar-refractivity contribution in [2.24, 2.45) is 0 Å². The minimum absolute atomic E-state index is 0.187. The summed E-state index contributed by atoms with van der Waals surface area (Å²) in [6, 6.07) is -0.831. The Morgan fingerprint density at radius 2 is 0.741 bits per heavy atom. The van der Waals surface area contributed by atoms with E-state index in [1.807, 2.05) is 6.08 Å². The number of unbranched alkanes of at least 4 members (excludes halogenated alkanes) is 38. The van der Waals surface area contributed by atoms with Gasteiger partial charge in [-0.15, -0.1) is 0 Å². The molecule has 1 amide bonds. The molecule has 1 rings (SSSR count). The highest BCUT2D eigenvalue weighted by Gasteiger charge is 2.44. The van der Waals surface area contributed by atoms with Crippen molar-refractivity contribution in [1.29, 1.82) is 0 Å². The predicted molar refractivity (Wildman–Crippen MR) is 364 cm³/mol. The number of amides is 1. The first kappa shape index (κ1) is 80.1. The Morgan fingerprint density at radius 3 is 1.13 bits per heavy atom. The number of hydrogen-bond donors (Lipinski definition) is 6. The number of carbonyl (C=O) groups excluding carboxylic acids is 1. The molecule has 0 radical (unpaired) electrons. The van der Waals surface area contributed by atoms with Gasteiger partial charge in [0.1, 0.15) is 24.4 Å². The Balaban J connectivity index is 2.08. The molecule has 6 N–H and O–H groups in total. The van der Waals surface area contributed by atoms with Gasteiger partial charge < -0.3 is 40.3 Å². The lowest BCUT2D eigenvalue weighted by Crippen LogP contribution is -2.60. The molecule has 0 aromatic heterocycles. The molecule has 7 atom stereocenters. The van der Waals surface area contributed by atoms with Gasteiger partial charge in [0, 0.05) is 6.42 Å². The highest BCUT2D eigenvalue weighted by atomic mass is 16.7. The SMILES string of the molecule is CC/C=C\C/C=C\C/C=C\C/C=C\C/C=C\CCCCCCCCCCCCCCCCCCCCCCCCCCCC(=O)NC(COC1OC(CO)C(O)C(O)C1O)C(O)/C=C/CC/C=C/CC/C=C/CCCCCCCCCCCCC. The van der Waals surface area contributed by atoms with E-state index in [0.29, 0.717) is 6.42 Å². The molecule has 9 heteroatoms. The first-order valence-corrected chi connectivity index (χ1v) is 36.0. The van der Waals surface area contributed by atoms with E-state index < -0.39 is 49.5 Å². The second kappa shape index (κ2) is 64.1. The smallest absolute Gasteiger partial charge is 0.220 e. The zero-order chi connectivity index (χ0) is 61.4. The summed E-state index contributed by atoms with van der Waals surface area (Å²) in [5.74, 6) is -0.187. The van der Waals surface area contributed by atoms with E-state index in [4.69, 9.17) is 9.47 Å². The minimum Gasteiger partial charge on any atom is -0.394 e. The monoisotopic (exact) mass is 1190 g/mol. The first-order chi connectivity index (χ1) is 41.8. The van der Waals surface area contributed by atoms with E-state index in [9.17, 15) is 30.3 Å². The molecule has 0 bridgehead atoms. The quantitative estimate of drug-likeness (QED) is 0.0261. The molecule has 0 aliphatic carbocycles. The van der Waals surface area contributed by atoms with Crippen molar-refractivity contribution >= 4 is 5.91 Å². The Morgan fingerprint density at radius 1 is 0.412 bits per heavy atom. The van der Waals surface area contributed by atoms with Crippen LogP contribution in [-0.2, 0) is 14.3 Å². The van der Waals surface area contributed by atoms with Crippen LogP contribution in [0.5, 0.6) is 0 Å². The molecule has 7 unspecified atom stereocenters. The lowest BCUT2D eigenvalue weighted by molar-refractivity contribution is -0.302. The number of ether oxygens (including phenoxy) is 2. The van der Waals surface area contributed by atoms with Gasteiger partial charge in [0.2, 0.25) is 5.91 Å². The molecular formula is C76H135NO8. The summed E-state index contributed by atoms with van der Waals surface area (Å²) in [6.07, 6.45) is 86.7. The van der Waals surface area contributed by atoms with Crippen LogP contribution in [0, 0.1) is 0 Å². The van der Waals surface area contributed by atoms with Crippen LogP contribution in [-0.4, -0.2) is 87.5 Å². The second-order valence-corrected chi connectivity index (χ2v) is 24.6. The third-order valence-electron chi connectivity index (χ3n) is 16.6. The van der Waals surface area contributed by atoms with Gasteiger partial charge >= 0.3 is 0 Å². The minimum atomic E-state index is -1.58. The zero-order valence-corrected chi connectivity index (χ0v) is 55.1. The summed E-state index contributed by atoms with van der Waals surface area (Å²) in [7, 11) is 0. The average Bonchev–Trinajstić information content (AvgIpc) is 3.68. The summed E-state index contributed by atoms with van der Waals surface area (Å²) >= 11 is 0. The van der Waals surface area contributed by atoms with Crippen LogP contribution in [0.15, 0.2) is 97.2 Å². The standard InChI is InChI=1S/C76H135NO8/c1-3-5-7-9-11-13-15-17-19-21-23-25-26-27-28-29-30-31-32-33-34-35-36-37-38-39-40-41-42-43-44-46-48-50-52-54-56-58-60-62-64-66-72(80)77-69(68-84-76-75(83)74(82)73(81)71(67-78)85-76)70(79)65-63-61-59-57-55-53-51-49-47-45-24-22-20-18-16-14-12-10-8-6-4-2/h5,7,11,13,17,19,23,25,27-28,47,49,55,57,63,65,69-71,73-76,78-79,81-83H,3-4,6,8-10,12,14-16,18,20-22,24,26,29-46,48,50-54,56,58-62,64,66-68H2,1-2H3,(H,77,80)/b7-5-,13-11-,19-17-,25-23-,28-27-,49-47+,57-55+,65-63+. The second-order valence-electron chi connectivity index (χ2n) is 24.6. The molecule has 1 aliphatic heterocycles. The lowest BCUT2D eigenvalue weighted by atomic mass is 9.99. The van der Waals surface area contributed by atoms with E-state index in [1.165, 1.54) is 225 Å². The van der Waals surface area contributed by atoms with Crippen molar-refractivity contribution in [1.82, 2.24) is 5.32 Å². The van der Waals surface area contributed by atoms with Crippen LogP contribution >= 0.6 is 0 Å². The summed E-state index contributed by atoms with van der Waals surface area (Å²) in [5, 5.41) is 54.7. The Labute approximate surface area is 523 Å². The Hall–Kier alpha value is -2.89. The molecule has 1 saturated heterocycles. The topological polar surface area (TPSA) is 149 Å². The van der Waals surface area contributed by atoms with Crippen LogP contribution in [0.3, 0.4) is 0 Å². The Kier molecular flexibility index (Phi) is 60.4. The maximum atomic E-state index is 13.1.